The van der Waals surface area contributed by atoms with Crippen molar-refractivity contribution in [1.29, 1.82) is 0 Å². The van der Waals surface area contributed by atoms with Gasteiger partial charge in [0.2, 0.25) is 0 Å². The average Bonchev–Trinajstić information content (AvgIpc) is 2.48. The van der Waals surface area contributed by atoms with E-state index in [2.05, 4.69) is 39.5 Å². The molecule has 0 aliphatic heterocycles. The predicted octanol–water partition coefficient (Wildman–Crippen LogP) is 3.67. The molecule has 1 atom stereocenters. The van der Waals surface area contributed by atoms with Gasteiger partial charge in [0.15, 0.2) is 0 Å². The molecule has 0 heterocycles. The minimum absolute atomic E-state index is 0.188. The monoisotopic (exact) mass is 298 g/mol. The molecule has 0 aromatic rings. The first-order valence-electron chi connectivity index (χ1n) is 8.82. The number of ether oxygens (including phenoxy) is 1. The number of nitrogens with zero attached hydrogens (tertiary/aromatic N) is 1. The van der Waals surface area contributed by atoms with Gasteiger partial charge in [0.25, 0.3) is 0 Å². The molecule has 1 saturated carbocycles. The number of methoxy groups -OCH3 is 1. The van der Waals surface area contributed by atoms with Crippen molar-refractivity contribution >= 4 is 0 Å². The van der Waals surface area contributed by atoms with Gasteiger partial charge < -0.3 is 10.5 Å². The van der Waals surface area contributed by atoms with Crippen LogP contribution in [-0.2, 0) is 4.74 Å². The molecule has 0 spiro atoms. The lowest BCUT2D eigenvalue weighted by Gasteiger charge is -2.51. The van der Waals surface area contributed by atoms with Crippen LogP contribution in [0.4, 0.5) is 0 Å². The highest BCUT2D eigenvalue weighted by atomic mass is 16.5. The van der Waals surface area contributed by atoms with Gasteiger partial charge in [-0.25, -0.2) is 0 Å². The molecular weight excluding hydrogens is 260 g/mol. The van der Waals surface area contributed by atoms with Gasteiger partial charge in [-0.3, -0.25) is 4.90 Å². The zero-order chi connectivity index (χ0) is 16.1. The van der Waals surface area contributed by atoms with E-state index in [9.17, 15) is 0 Å². The fourth-order valence-corrected chi connectivity index (χ4v) is 4.28. The molecule has 21 heavy (non-hydrogen) atoms. The molecule has 2 N–H and O–H groups in total. The van der Waals surface area contributed by atoms with Crippen LogP contribution in [0.1, 0.15) is 66.7 Å². The Kier molecular flexibility index (Phi) is 7.15. The Labute approximate surface area is 132 Å². The molecule has 0 saturated heterocycles. The number of nitrogens with two attached hydrogens (primary N) is 1. The molecule has 1 aliphatic rings. The predicted molar refractivity (Wildman–Crippen MR) is 91.5 cm³/mol. The molecule has 1 rings (SSSR count). The molecule has 0 aromatic heterocycles. The van der Waals surface area contributed by atoms with Gasteiger partial charge in [0, 0.05) is 25.2 Å². The average molecular weight is 299 g/mol. The highest BCUT2D eigenvalue weighted by Gasteiger charge is 2.43. The Morgan fingerprint density at radius 3 is 2.24 bits per heavy atom. The molecule has 3 nitrogen and oxygen atoms in total. The van der Waals surface area contributed by atoms with Crippen LogP contribution in [-0.4, -0.2) is 43.3 Å². The SMILES string of the molecule is CCN(C(C)COC)C1(CN)CCC(C(C)(C)CC)CC1. The maximum Gasteiger partial charge on any atom is 0.0615 e. The van der Waals surface area contributed by atoms with Gasteiger partial charge in [-0.1, -0.05) is 34.1 Å². The van der Waals surface area contributed by atoms with E-state index in [0.717, 1.165) is 25.6 Å². The van der Waals surface area contributed by atoms with Crippen LogP contribution in [0.2, 0.25) is 0 Å². The summed E-state index contributed by atoms with van der Waals surface area (Å²) in [5.41, 5.74) is 6.91. The van der Waals surface area contributed by atoms with Crippen molar-refractivity contribution < 1.29 is 4.74 Å². The van der Waals surface area contributed by atoms with Crippen LogP contribution in [0.5, 0.6) is 0 Å². The first-order valence-corrected chi connectivity index (χ1v) is 8.82. The van der Waals surface area contributed by atoms with E-state index in [-0.39, 0.29) is 5.54 Å². The third-order valence-electron chi connectivity index (χ3n) is 6.20. The topological polar surface area (TPSA) is 38.5 Å². The molecule has 0 radical (unpaired) electrons. The van der Waals surface area contributed by atoms with Crippen LogP contribution in [0.25, 0.3) is 0 Å². The maximum absolute atomic E-state index is 6.25. The molecule has 1 fully saturated rings. The lowest BCUT2D eigenvalue weighted by atomic mass is 9.65. The fourth-order valence-electron chi connectivity index (χ4n) is 4.28. The highest BCUT2D eigenvalue weighted by molar-refractivity contribution is 4.99. The lowest BCUT2D eigenvalue weighted by molar-refractivity contribution is -0.0225. The molecule has 126 valence electrons. The summed E-state index contributed by atoms with van der Waals surface area (Å²) in [4.78, 5) is 2.60. The van der Waals surface area contributed by atoms with Crippen LogP contribution < -0.4 is 5.73 Å². The summed E-state index contributed by atoms with van der Waals surface area (Å²) in [5.74, 6) is 0.846. The molecule has 0 amide bonds. The van der Waals surface area contributed by atoms with Crippen molar-refractivity contribution in [2.45, 2.75) is 78.3 Å². The van der Waals surface area contributed by atoms with Crippen LogP contribution in [0.3, 0.4) is 0 Å². The summed E-state index contributed by atoms with van der Waals surface area (Å²) in [7, 11) is 1.79. The molecular formula is C18H38N2O. The number of rotatable bonds is 8. The zero-order valence-corrected chi connectivity index (χ0v) is 15.2. The summed E-state index contributed by atoms with van der Waals surface area (Å²) < 4.78 is 5.38. The molecule has 0 bridgehead atoms. The Hall–Kier alpha value is -0.120. The molecule has 3 heteroatoms. The first-order chi connectivity index (χ1) is 9.86. The second-order valence-electron chi connectivity index (χ2n) is 7.64. The van der Waals surface area contributed by atoms with Crippen LogP contribution >= 0.6 is 0 Å². The van der Waals surface area contributed by atoms with E-state index < -0.39 is 0 Å². The van der Waals surface area contributed by atoms with Crippen molar-refractivity contribution in [3.05, 3.63) is 0 Å². The smallest absolute Gasteiger partial charge is 0.0615 e. The summed E-state index contributed by atoms with van der Waals surface area (Å²) in [6.45, 7) is 14.3. The lowest BCUT2D eigenvalue weighted by Crippen LogP contribution is -2.60. The van der Waals surface area contributed by atoms with E-state index >= 15 is 0 Å². The third kappa shape index (κ3) is 4.20. The second kappa shape index (κ2) is 7.94. The molecule has 1 unspecified atom stereocenters. The zero-order valence-electron chi connectivity index (χ0n) is 15.2. The fraction of sp³-hybridized carbons (Fsp3) is 1.00. The molecule has 1 aliphatic carbocycles. The van der Waals surface area contributed by atoms with Gasteiger partial charge in [-0.2, -0.15) is 0 Å². The van der Waals surface area contributed by atoms with Gasteiger partial charge in [-0.15, -0.1) is 0 Å². The Morgan fingerprint density at radius 2 is 1.86 bits per heavy atom. The summed E-state index contributed by atoms with van der Waals surface area (Å²) in [6, 6.07) is 0.444. The third-order valence-corrected chi connectivity index (χ3v) is 6.20. The Morgan fingerprint density at radius 1 is 1.29 bits per heavy atom. The van der Waals surface area contributed by atoms with Gasteiger partial charge in [0.1, 0.15) is 0 Å². The van der Waals surface area contributed by atoms with Crippen molar-refractivity contribution in [3.8, 4) is 0 Å². The van der Waals surface area contributed by atoms with Crippen LogP contribution in [0, 0.1) is 11.3 Å². The standard InChI is InChI=1S/C18H38N2O/c1-7-17(4,5)16-9-11-18(14-19,12-10-16)20(8-2)15(3)13-21-6/h15-16H,7-14,19H2,1-6H3. The van der Waals surface area contributed by atoms with E-state index in [1.807, 2.05) is 0 Å². The van der Waals surface area contributed by atoms with Gasteiger partial charge in [-0.05, 0) is 50.5 Å². The number of hydrogen-bond acceptors (Lipinski definition) is 3. The largest absolute Gasteiger partial charge is 0.383 e. The van der Waals surface area contributed by atoms with Crippen molar-refractivity contribution in [1.82, 2.24) is 4.90 Å². The Balaban J connectivity index is 2.79. The first kappa shape index (κ1) is 18.9. The minimum atomic E-state index is 0.188. The van der Waals surface area contributed by atoms with Gasteiger partial charge >= 0.3 is 0 Å². The summed E-state index contributed by atoms with van der Waals surface area (Å²) in [5, 5.41) is 0. The molecule has 0 aromatic carbocycles. The van der Waals surface area contributed by atoms with E-state index in [0.29, 0.717) is 11.5 Å². The maximum atomic E-state index is 6.25. The number of hydrogen-bond donors (Lipinski definition) is 1. The van der Waals surface area contributed by atoms with Crippen molar-refractivity contribution in [2.75, 3.05) is 26.8 Å². The number of likely N-dealkylation sites (N-methyl/N-ethyl adjacent to an activating group) is 1. The second-order valence-corrected chi connectivity index (χ2v) is 7.64. The van der Waals surface area contributed by atoms with Gasteiger partial charge in [0.05, 0.1) is 6.61 Å². The summed E-state index contributed by atoms with van der Waals surface area (Å²) in [6.07, 6.45) is 6.37. The van der Waals surface area contributed by atoms with E-state index in [1.165, 1.54) is 32.1 Å². The summed E-state index contributed by atoms with van der Waals surface area (Å²) >= 11 is 0. The Bertz CT molecular complexity index is 296. The van der Waals surface area contributed by atoms with Crippen molar-refractivity contribution in [3.63, 3.8) is 0 Å². The van der Waals surface area contributed by atoms with Crippen molar-refractivity contribution in [2.24, 2.45) is 17.1 Å². The normalized spacial score (nSPS) is 28.9. The highest BCUT2D eigenvalue weighted by Crippen LogP contribution is 2.45. The van der Waals surface area contributed by atoms with E-state index in [4.69, 9.17) is 10.5 Å². The minimum Gasteiger partial charge on any atom is -0.383 e. The van der Waals surface area contributed by atoms with Crippen LogP contribution in [0.15, 0.2) is 0 Å². The van der Waals surface area contributed by atoms with E-state index in [1.54, 1.807) is 7.11 Å². The quantitative estimate of drug-likeness (QED) is 0.743.